The molecule has 2 atom stereocenters. The summed E-state index contributed by atoms with van der Waals surface area (Å²) in [4.78, 5) is 59.9. The van der Waals surface area contributed by atoms with Crippen molar-refractivity contribution in [2.75, 3.05) is 23.8 Å². The van der Waals surface area contributed by atoms with Crippen molar-refractivity contribution in [2.45, 2.75) is 103 Å². The smallest absolute Gasteiger partial charge is 0.408 e. The molecule has 0 aliphatic carbocycles. The zero-order chi connectivity index (χ0) is 47.0. The van der Waals surface area contributed by atoms with Gasteiger partial charge in [0.15, 0.2) is 0 Å². The molecule has 16 heteroatoms. The zero-order valence-corrected chi connectivity index (χ0v) is 39.9. The molecule has 0 aliphatic heterocycles. The van der Waals surface area contributed by atoms with Gasteiger partial charge in [-0.1, -0.05) is 87.8 Å². The molecule has 0 radical (unpaired) electrons. The molecular weight excluding hydrogens is 837 g/mol. The number of esters is 2. The lowest BCUT2D eigenvalue weighted by atomic mass is 10.1. The second-order valence-electron chi connectivity index (χ2n) is 18.5. The van der Waals surface area contributed by atoms with Crippen LogP contribution in [0.3, 0.4) is 0 Å². The van der Waals surface area contributed by atoms with E-state index in [2.05, 4.69) is 55.2 Å². The minimum Gasteiger partial charge on any atom is -0.478 e. The van der Waals surface area contributed by atoms with E-state index in [4.69, 9.17) is 19.9 Å². The number of ether oxygens (including phenoxy) is 3. The van der Waals surface area contributed by atoms with Crippen LogP contribution in [0.4, 0.5) is 27.5 Å². The molecule has 0 aromatic heterocycles. The minimum atomic E-state index is -1.38. The highest BCUT2D eigenvalue weighted by Crippen LogP contribution is 2.24. The van der Waals surface area contributed by atoms with Crippen LogP contribution >= 0.6 is 0 Å². The van der Waals surface area contributed by atoms with Gasteiger partial charge in [-0.25, -0.2) is 19.2 Å². The Morgan fingerprint density at radius 1 is 0.603 bits per heavy atom. The molecular formula is C47H64N4O10Si2. The monoisotopic (exact) mass is 900 g/mol. The first kappa shape index (κ1) is 51.4. The van der Waals surface area contributed by atoms with Crippen molar-refractivity contribution >= 4 is 68.9 Å². The molecule has 4 rings (SSSR count). The molecule has 0 aliphatic rings. The summed E-state index contributed by atoms with van der Waals surface area (Å²) in [5.74, 6) is -2.89. The second kappa shape index (κ2) is 23.5. The number of amides is 1. The van der Waals surface area contributed by atoms with Gasteiger partial charge in [0, 0.05) is 33.9 Å². The summed E-state index contributed by atoms with van der Waals surface area (Å²) in [5, 5.41) is 27.4. The van der Waals surface area contributed by atoms with E-state index in [1.165, 1.54) is 6.07 Å². The lowest BCUT2D eigenvalue weighted by Gasteiger charge is -2.23. The van der Waals surface area contributed by atoms with E-state index in [9.17, 15) is 34.2 Å². The number of carboxylic acids is 2. The summed E-state index contributed by atoms with van der Waals surface area (Å²) in [7, 11) is -2.62. The third kappa shape index (κ3) is 19.7. The van der Waals surface area contributed by atoms with Gasteiger partial charge in [-0.3, -0.25) is 4.79 Å². The number of alkyl carbamates (subject to hydrolysis) is 1. The predicted octanol–water partition coefficient (Wildman–Crippen LogP) is 9.33. The molecule has 0 fully saturated rings. The fourth-order valence-electron chi connectivity index (χ4n) is 5.66. The van der Waals surface area contributed by atoms with Gasteiger partial charge >= 0.3 is 30.0 Å². The quantitative estimate of drug-likeness (QED) is 0.0294. The van der Waals surface area contributed by atoms with E-state index < -0.39 is 57.8 Å². The summed E-state index contributed by atoms with van der Waals surface area (Å²) in [6, 6.07) is 28.1. The number of hydrogen-bond acceptors (Lipinski definition) is 11. The average Bonchev–Trinajstić information content (AvgIpc) is 3.18. The molecule has 7 N–H and O–H groups in total. The number of carbonyl (C=O) groups excluding carboxylic acids is 3. The third-order valence-corrected chi connectivity index (χ3v) is 12.6. The summed E-state index contributed by atoms with van der Waals surface area (Å²) in [6.07, 6.45) is -0.0809. The van der Waals surface area contributed by atoms with Crippen molar-refractivity contribution in [1.29, 1.82) is 0 Å². The summed E-state index contributed by atoms with van der Waals surface area (Å²) in [5.41, 5.74) is 9.79. The van der Waals surface area contributed by atoms with Crippen LogP contribution in [0.25, 0.3) is 0 Å². The number of rotatable bonds is 19. The molecule has 4 aromatic rings. The first-order chi connectivity index (χ1) is 29.4. The van der Waals surface area contributed by atoms with Gasteiger partial charge in [0.05, 0.1) is 35.7 Å². The number of nitrogens with two attached hydrogens (primary N) is 1. The van der Waals surface area contributed by atoms with Gasteiger partial charge in [-0.2, -0.15) is 0 Å². The SMILES string of the molecule is CC(C)(C)OC(=O)N[C@@H](Cc1ccc(Nc2ccccc2C(=O)O)cc1)C(=O)OCC[Si](C)(C)C.C[Si](C)(C)CCOC(=O)[C@@H](N)Cc1ccc(Nc2ccccc2C(=O)O)cc1. The van der Waals surface area contributed by atoms with Gasteiger partial charge in [-0.05, 0) is 98.9 Å². The number of carboxylic acid groups (broad SMARTS) is 2. The molecule has 1 amide bonds. The number of nitrogens with one attached hydrogen (secondary N) is 3. The lowest BCUT2D eigenvalue weighted by molar-refractivity contribution is -0.146. The average molecular weight is 901 g/mol. The first-order valence-electron chi connectivity index (χ1n) is 20.8. The van der Waals surface area contributed by atoms with E-state index >= 15 is 0 Å². The number of hydrogen-bond donors (Lipinski definition) is 6. The van der Waals surface area contributed by atoms with Crippen LogP contribution in [0, 0.1) is 0 Å². The number of benzene rings is 4. The number of anilines is 4. The van der Waals surface area contributed by atoms with Crippen LogP contribution in [0.2, 0.25) is 51.4 Å². The van der Waals surface area contributed by atoms with E-state index in [0.29, 0.717) is 36.7 Å². The minimum absolute atomic E-state index is 0.166. The van der Waals surface area contributed by atoms with E-state index in [0.717, 1.165) is 28.9 Å². The van der Waals surface area contributed by atoms with Crippen LogP contribution in [-0.2, 0) is 36.6 Å². The van der Waals surface area contributed by atoms with Crippen molar-refractivity contribution in [3.63, 3.8) is 0 Å². The molecule has 340 valence electrons. The van der Waals surface area contributed by atoms with Crippen molar-refractivity contribution in [3.05, 3.63) is 119 Å². The molecule has 0 bridgehead atoms. The largest absolute Gasteiger partial charge is 0.478 e. The highest BCUT2D eigenvalue weighted by molar-refractivity contribution is 6.76. The highest BCUT2D eigenvalue weighted by Gasteiger charge is 2.27. The number of carbonyl (C=O) groups is 5. The van der Waals surface area contributed by atoms with Crippen LogP contribution < -0.4 is 21.7 Å². The van der Waals surface area contributed by atoms with Crippen LogP contribution in [-0.4, -0.2) is 87.2 Å². The Bertz CT molecular complexity index is 2150. The molecule has 14 nitrogen and oxygen atoms in total. The van der Waals surface area contributed by atoms with E-state index in [1.54, 1.807) is 75.4 Å². The zero-order valence-electron chi connectivity index (χ0n) is 37.9. The normalized spacial score (nSPS) is 12.3. The number of aromatic carboxylic acids is 2. The molecule has 0 spiro atoms. The van der Waals surface area contributed by atoms with Gasteiger partial charge < -0.3 is 46.1 Å². The predicted molar refractivity (Wildman–Crippen MR) is 253 cm³/mol. The van der Waals surface area contributed by atoms with Crippen molar-refractivity contribution in [3.8, 4) is 0 Å². The molecule has 4 aromatic carbocycles. The molecule has 0 heterocycles. The van der Waals surface area contributed by atoms with Crippen molar-refractivity contribution < 1.29 is 48.4 Å². The van der Waals surface area contributed by atoms with Crippen LogP contribution in [0.5, 0.6) is 0 Å². The fourth-order valence-corrected chi connectivity index (χ4v) is 7.08. The van der Waals surface area contributed by atoms with Gasteiger partial charge in [-0.15, -0.1) is 0 Å². The summed E-state index contributed by atoms with van der Waals surface area (Å²) < 4.78 is 16.1. The van der Waals surface area contributed by atoms with E-state index in [-0.39, 0.29) is 23.5 Å². The first-order valence-corrected chi connectivity index (χ1v) is 28.3. The van der Waals surface area contributed by atoms with Crippen LogP contribution in [0.15, 0.2) is 97.1 Å². The summed E-state index contributed by atoms with van der Waals surface area (Å²) >= 11 is 0. The van der Waals surface area contributed by atoms with Gasteiger partial charge in [0.1, 0.15) is 17.7 Å². The Morgan fingerprint density at radius 2 is 1.00 bits per heavy atom. The van der Waals surface area contributed by atoms with Crippen molar-refractivity contribution in [1.82, 2.24) is 5.32 Å². The Kier molecular flexibility index (Phi) is 19.1. The molecule has 0 unspecified atom stereocenters. The Morgan fingerprint density at radius 3 is 1.40 bits per heavy atom. The molecule has 63 heavy (non-hydrogen) atoms. The Labute approximate surface area is 372 Å². The second-order valence-corrected chi connectivity index (χ2v) is 29.8. The van der Waals surface area contributed by atoms with Crippen LogP contribution in [0.1, 0.15) is 52.6 Å². The standard InChI is InChI=1S/C26H36N2O6Si.C21H28N2O4Si/c1-26(2,3)34-25(32)28-22(24(31)33-15-16-35(4,5)6)17-18-11-13-19(14-12-18)27-21-10-8-7-9-20(21)23(29)30;1-28(2,3)13-12-27-21(26)18(22)14-15-8-10-16(11-9-15)23-19-7-5-4-6-17(19)20(24)25/h7-14,22,27H,15-17H2,1-6H3,(H,28,32)(H,29,30);4-11,18,23H,12-14,22H2,1-3H3,(H,24,25)/t22-;18-/m00/s1. The van der Waals surface area contributed by atoms with Crippen molar-refractivity contribution in [2.24, 2.45) is 5.73 Å². The Balaban J connectivity index is 0.000000344. The van der Waals surface area contributed by atoms with Gasteiger partial charge in [0.25, 0.3) is 0 Å². The maximum absolute atomic E-state index is 12.8. The summed E-state index contributed by atoms with van der Waals surface area (Å²) in [6.45, 7) is 19.3. The topological polar surface area (TPSA) is 216 Å². The Hall–Kier alpha value is -5.98. The van der Waals surface area contributed by atoms with E-state index in [1.807, 2.05) is 36.4 Å². The van der Waals surface area contributed by atoms with Gasteiger partial charge in [0.2, 0.25) is 0 Å². The lowest BCUT2D eigenvalue weighted by Crippen LogP contribution is -2.45. The maximum Gasteiger partial charge on any atom is 0.408 e. The highest BCUT2D eigenvalue weighted by atomic mass is 28.3. The third-order valence-electron chi connectivity index (χ3n) is 9.15. The maximum atomic E-state index is 12.8. The molecule has 0 saturated heterocycles. The molecule has 0 saturated carbocycles. The number of para-hydroxylation sites is 2. The fraction of sp³-hybridized carbons (Fsp3) is 0.383.